The number of nitrogens with one attached hydrogen (secondary N) is 2. The van der Waals surface area contributed by atoms with Crippen molar-refractivity contribution in [3.63, 3.8) is 0 Å². The fourth-order valence-corrected chi connectivity index (χ4v) is 5.92. The molecular formula is C29H42N4O7. The van der Waals surface area contributed by atoms with Crippen molar-refractivity contribution in [2.45, 2.75) is 104 Å². The first kappa shape index (κ1) is 31.1. The van der Waals surface area contributed by atoms with Crippen molar-refractivity contribution in [3.05, 3.63) is 0 Å². The normalized spacial score (nSPS) is 24.2. The van der Waals surface area contributed by atoms with Crippen molar-refractivity contribution in [1.29, 1.82) is 0 Å². The van der Waals surface area contributed by atoms with E-state index in [4.69, 9.17) is 10.5 Å². The van der Waals surface area contributed by atoms with E-state index in [0.717, 1.165) is 19.3 Å². The third kappa shape index (κ3) is 7.20. The molecule has 11 nitrogen and oxygen atoms in total. The van der Waals surface area contributed by atoms with Gasteiger partial charge in [0, 0.05) is 13.0 Å². The molecule has 4 amide bonds. The van der Waals surface area contributed by atoms with Gasteiger partial charge in [0.2, 0.25) is 23.4 Å². The number of rotatable bonds is 11. The number of carbonyl (C=O) groups excluding carboxylic acids is 6. The number of primary amides is 1. The van der Waals surface area contributed by atoms with Crippen molar-refractivity contribution in [2.75, 3.05) is 6.54 Å². The summed E-state index contributed by atoms with van der Waals surface area (Å²) in [4.78, 5) is 78.0. The van der Waals surface area contributed by atoms with Crippen molar-refractivity contribution in [1.82, 2.24) is 15.5 Å². The predicted molar refractivity (Wildman–Crippen MR) is 145 cm³/mol. The van der Waals surface area contributed by atoms with Crippen LogP contribution in [0, 0.1) is 35.0 Å². The molecule has 0 spiro atoms. The second kappa shape index (κ2) is 12.0. The van der Waals surface area contributed by atoms with Gasteiger partial charge in [-0.05, 0) is 69.6 Å². The number of fused-ring (bicyclic) bond motifs is 1. The highest BCUT2D eigenvalue weighted by Crippen LogP contribution is 2.65. The van der Waals surface area contributed by atoms with Gasteiger partial charge in [-0.3, -0.25) is 24.0 Å². The van der Waals surface area contributed by atoms with Crippen molar-refractivity contribution >= 4 is 35.4 Å². The van der Waals surface area contributed by atoms with E-state index in [1.54, 1.807) is 20.8 Å². The molecule has 220 valence electrons. The zero-order valence-electron chi connectivity index (χ0n) is 24.3. The van der Waals surface area contributed by atoms with Crippen LogP contribution in [0.15, 0.2) is 0 Å². The fraction of sp³-hybridized carbons (Fsp3) is 0.724. The molecule has 0 aromatic rings. The smallest absolute Gasteiger partial charge is 0.408 e. The van der Waals surface area contributed by atoms with Crippen LogP contribution < -0.4 is 16.4 Å². The number of alkyl carbamates (subject to hydrolysis) is 1. The molecule has 5 atom stereocenters. The van der Waals surface area contributed by atoms with Crippen LogP contribution in [-0.4, -0.2) is 70.6 Å². The molecule has 0 bridgehead atoms. The highest BCUT2D eigenvalue weighted by Gasteiger charge is 2.69. The summed E-state index contributed by atoms with van der Waals surface area (Å²) in [7, 11) is 0. The van der Waals surface area contributed by atoms with Gasteiger partial charge in [0.25, 0.3) is 5.91 Å². The second-order valence-electron chi connectivity index (χ2n) is 12.7. The molecular weight excluding hydrogens is 516 g/mol. The molecule has 1 saturated heterocycles. The van der Waals surface area contributed by atoms with Gasteiger partial charge >= 0.3 is 6.09 Å². The number of nitrogens with zero attached hydrogens (tertiary/aromatic N) is 1. The summed E-state index contributed by atoms with van der Waals surface area (Å²) in [6.45, 7) is 10.9. The maximum Gasteiger partial charge on any atom is 0.408 e. The minimum atomic E-state index is -1.13. The zero-order valence-corrected chi connectivity index (χ0v) is 24.3. The maximum atomic E-state index is 13.9. The Balaban J connectivity index is 1.83. The number of hydrogen-bond donors (Lipinski definition) is 3. The summed E-state index contributed by atoms with van der Waals surface area (Å²) in [5.74, 6) is 1.63. The highest BCUT2D eigenvalue weighted by molar-refractivity contribution is 6.37. The van der Waals surface area contributed by atoms with E-state index in [1.807, 2.05) is 13.8 Å². The SMILES string of the molecule is CC#CC(=O)CC[C@H](NC(=O)OC(C)(C)C)C(=O)N1CC2[C@@H](C1C(=O)NC(CC1CCC1)C(=O)C(N)=O)C2(C)C. The van der Waals surface area contributed by atoms with Gasteiger partial charge in [-0.1, -0.05) is 39.0 Å². The molecule has 3 aliphatic rings. The number of Topliss-reactive ketones (excluding diaryl/α,β-unsaturated/α-hetero) is 2. The topological polar surface area (TPSA) is 165 Å². The van der Waals surface area contributed by atoms with Crippen LogP contribution in [0.1, 0.15) is 80.1 Å². The summed E-state index contributed by atoms with van der Waals surface area (Å²) >= 11 is 0. The Morgan fingerprint density at radius 1 is 1.07 bits per heavy atom. The molecule has 3 fully saturated rings. The Hall–Kier alpha value is -3.42. The number of hydrogen-bond acceptors (Lipinski definition) is 7. The van der Waals surface area contributed by atoms with Crippen LogP contribution >= 0.6 is 0 Å². The summed E-state index contributed by atoms with van der Waals surface area (Å²) < 4.78 is 5.33. The molecule has 11 heteroatoms. The Morgan fingerprint density at radius 3 is 2.25 bits per heavy atom. The summed E-state index contributed by atoms with van der Waals surface area (Å²) in [6.07, 6.45) is 2.23. The Morgan fingerprint density at radius 2 is 1.73 bits per heavy atom. The summed E-state index contributed by atoms with van der Waals surface area (Å²) in [6, 6.07) is -3.10. The average Bonchev–Trinajstić information content (AvgIpc) is 3.14. The van der Waals surface area contributed by atoms with E-state index < -0.39 is 53.3 Å². The molecule has 0 aromatic heterocycles. The Kier molecular flexibility index (Phi) is 9.32. The van der Waals surface area contributed by atoms with E-state index in [1.165, 1.54) is 11.8 Å². The van der Waals surface area contributed by atoms with Crippen molar-refractivity contribution < 1.29 is 33.5 Å². The molecule has 3 rings (SSSR count). The lowest BCUT2D eigenvalue weighted by molar-refractivity contribution is -0.144. The van der Waals surface area contributed by atoms with E-state index in [9.17, 15) is 28.8 Å². The molecule has 2 saturated carbocycles. The number of ether oxygens (including phenoxy) is 1. The molecule has 2 aliphatic carbocycles. The largest absolute Gasteiger partial charge is 0.444 e. The minimum Gasteiger partial charge on any atom is -0.444 e. The molecule has 1 heterocycles. The lowest BCUT2D eigenvalue weighted by Gasteiger charge is -2.34. The van der Waals surface area contributed by atoms with Crippen molar-refractivity contribution in [3.8, 4) is 11.8 Å². The standard InChI is InChI=1S/C29H42N4O7/c1-7-9-17(34)12-13-19(32-27(39)40-28(2,3)4)26(38)33-15-18-21(29(18,5)6)22(33)25(37)31-20(23(35)24(30)36)14-16-10-8-11-16/h16,18-22H,8,10-15H2,1-6H3,(H2,30,36)(H,31,37)(H,32,39)/t18?,19-,20?,21-,22?/m0/s1. The van der Waals surface area contributed by atoms with Gasteiger partial charge in [-0.25, -0.2) is 4.79 Å². The fourth-order valence-electron chi connectivity index (χ4n) is 5.92. The first-order valence-corrected chi connectivity index (χ1v) is 14.0. The minimum absolute atomic E-state index is 0.0282. The van der Waals surface area contributed by atoms with Crippen LogP contribution in [0.3, 0.4) is 0 Å². The molecule has 0 radical (unpaired) electrons. The number of piperidine rings is 1. The van der Waals surface area contributed by atoms with Crippen LogP contribution in [0.4, 0.5) is 4.79 Å². The van der Waals surface area contributed by atoms with E-state index >= 15 is 0 Å². The average molecular weight is 559 g/mol. The van der Waals surface area contributed by atoms with Gasteiger partial charge in [0.15, 0.2) is 0 Å². The monoisotopic (exact) mass is 558 g/mol. The quantitative estimate of drug-likeness (QED) is 0.196. The molecule has 0 aromatic carbocycles. The number of nitrogens with two attached hydrogens (primary N) is 1. The van der Waals surface area contributed by atoms with Gasteiger partial charge in [-0.2, -0.15) is 0 Å². The van der Waals surface area contributed by atoms with E-state index in [2.05, 4.69) is 22.5 Å². The van der Waals surface area contributed by atoms with E-state index in [0.29, 0.717) is 6.42 Å². The Bertz CT molecular complexity index is 1130. The van der Waals surface area contributed by atoms with Gasteiger partial charge in [0.1, 0.15) is 17.7 Å². The van der Waals surface area contributed by atoms with Gasteiger partial charge in [-0.15, -0.1) is 0 Å². The van der Waals surface area contributed by atoms with Gasteiger partial charge in [0.05, 0.1) is 6.04 Å². The number of likely N-dealkylation sites (tertiary alicyclic amines) is 1. The number of ketones is 2. The third-order valence-corrected chi connectivity index (χ3v) is 8.34. The molecule has 3 unspecified atom stereocenters. The first-order valence-electron chi connectivity index (χ1n) is 14.0. The second-order valence-corrected chi connectivity index (χ2v) is 12.7. The molecule has 40 heavy (non-hydrogen) atoms. The first-order chi connectivity index (χ1) is 18.6. The van der Waals surface area contributed by atoms with E-state index in [-0.39, 0.29) is 48.3 Å². The van der Waals surface area contributed by atoms with Crippen LogP contribution in [0.5, 0.6) is 0 Å². The van der Waals surface area contributed by atoms with Crippen LogP contribution in [0.2, 0.25) is 0 Å². The lowest BCUT2D eigenvalue weighted by atomic mass is 9.80. The van der Waals surface area contributed by atoms with Crippen LogP contribution in [0.25, 0.3) is 0 Å². The zero-order chi connectivity index (χ0) is 30.0. The number of amides is 4. The van der Waals surface area contributed by atoms with Crippen LogP contribution in [-0.2, 0) is 28.7 Å². The highest BCUT2D eigenvalue weighted by atomic mass is 16.6. The third-order valence-electron chi connectivity index (χ3n) is 8.34. The van der Waals surface area contributed by atoms with Crippen molar-refractivity contribution in [2.24, 2.45) is 28.9 Å². The molecule has 1 aliphatic heterocycles. The Labute approximate surface area is 235 Å². The van der Waals surface area contributed by atoms with Gasteiger partial charge < -0.3 is 26.0 Å². The summed E-state index contributed by atoms with van der Waals surface area (Å²) in [5, 5.41) is 5.30. The predicted octanol–water partition coefficient (Wildman–Crippen LogP) is 1.46. The lowest BCUT2D eigenvalue weighted by Crippen LogP contribution is -2.58. The number of carbonyl (C=O) groups is 6. The summed E-state index contributed by atoms with van der Waals surface area (Å²) in [5.41, 5.74) is 4.25. The molecule has 4 N–H and O–H groups in total. The maximum absolute atomic E-state index is 13.9.